The number of benzene rings is 1. The van der Waals surface area contributed by atoms with Crippen LogP contribution in [0.25, 0.3) is 11.0 Å². The van der Waals surface area contributed by atoms with Crippen LogP contribution in [0, 0.1) is 12.7 Å². The molecule has 0 aliphatic heterocycles. The minimum atomic E-state index is -0.519. The van der Waals surface area contributed by atoms with Gasteiger partial charge in [-0.05, 0) is 30.7 Å². The minimum Gasteiger partial charge on any atom is -0.499 e. The summed E-state index contributed by atoms with van der Waals surface area (Å²) in [5, 5.41) is 10.9. The zero-order valence-corrected chi connectivity index (χ0v) is 15.5. The normalized spacial score (nSPS) is 10.7. The van der Waals surface area contributed by atoms with Crippen molar-refractivity contribution in [1.29, 1.82) is 0 Å². The summed E-state index contributed by atoms with van der Waals surface area (Å²) in [6.45, 7) is 5.59. The Kier molecular flexibility index (Phi) is 5.85. The Hall–Kier alpha value is -3.46. The zero-order valence-electron chi connectivity index (χ0n) is 15.5. The quantitative estimate of drug-likeness (QED) is 0.352. The molecule has 9 heteroatoms. The van der Waals surface area contributed by atoms with E-state index in [4.69, 9.17) is 9.57 Å². The van der Waals surface area contributed by atoms with E-state index in [1.807, 2.05) is 0 Å². The minimum absolute atomic E-state index is 0.136. The topological polar surface area (TPSA) is 90.3 Å². The SMILES string of the molecule is C=COCCONC(=O)c1c(Nc2ccc(C)cc2F)c2nnccc2n1C. The number of nitrogens with one attached hydrogen (secondary N) is 2. The number of rotatable bonds is 8. The van der Waals surface area contributed by atoms with Crippen molar-refractivity contribution in [3.8, 4) is 0 Å². The molecule has 0 saturated heterocycles. The van der Waals surface area contributed by atoms with Crippen LogP contribution in [0.1, 0.15) is 16.1 Å². The summed E-state index contributed by atoms with van der Waals surface area (Å²) in [4.78, 5) is 17.8. The smallest absolute Gasteiger partial charge is 0.293 e. The maximum atomic E-state index is 14.3. The van der Waals surface area contributed by atoms with Crippen LogP contribution in [0.3, 0.4) is 0 Å². The highest BCUT2D eigenvalue weighted by atomic mass is 19.1. The molecule has 0 atom stereocenters. The van der Waals surface area contributed by atoms with E-state index in [0.717, 1.165) is 5.56 Å². The van der Waals surface area contributed by atoms with Crippen molar-refractivity contribution in [2.24, 2.45) is 7.05 Å². The number of hydrogen-bond acceptors (Lipinski definition) is 6. The van der Waals surface area contributed by atoms with Gasteiger partial charge in [0.05, 0.1) is 29.4 Å². The highest BCUT2D eigenvalue weighted by molar-refractivity contribution is 6.08. The van der Waals surface area contributed by atoms with E-state index in [1.54, 1.807) is 36.7 Å². The molecule has 1 amide bonds. The number of hydroxylamine groups is 1. The van der Waals surface area contributed by atoms with Gasteiger partial charge in [0.15, 0.2) is 0 Å². The lowest BCUT2D eigenvalue weighted by atomic mass is 10.2. The van der Waals surface area contributed by atoms with Gasteiger partial charge in [-0.15, -0.1) is 5.10 Å². The van der Waals surface area contributed by atoms with Crippen molar-refractivity contribution in [2.75, 3.05) is 18.5 Å². The third-order valence-corrected chi connectivity index (χ3v) is 4.06. The Labute approximate surface area is 160 Å². The van der Waals surface area contributed by atoms with Crippen LogP contribution in [0.5, 0.6) is 0 Å². The summed E-state index contributed by atoms with van der Waals surface area (Å²) >= 11 is 0. The van der Waals surface area contributed by atoms with Crippen molar-refractivity contribution in [1.82, 2.24) is 20.2 Å². The molecular formula is C19H20FN5O3. The Morgan fingerprint density at radius 2 is 2.18 bits per heavy atom. The highest BCUT2D eigenvalue weighted by Crippen LogP contribution is 2.32. The molecule has 28 heavy (non-hydrogen) atoms. The lowest BCUT2D eigenvalue weighted by Crippen LogP contribution is -2.27. The van der Waals surface area contributed by atoms with Crippen LogP contribution in [0.15, 0.2) is 43.3 Å². The summed E-state index contributed by atoms with van der Waals surface area (Å²) in [7, 11) is 1.70. The van der Waals surface area contributed by atoms with E-state index in [1.165, 1.54) is 18.5 Å². The van der Waals surface area contributed by atoms with E-state index in [-0.39, 0.29) is 24.6 Å². The molecule has 0 unspecified atom stereocenters. The fraction of sp³-hybridized carbons (Fsp3) is 0.211. The van der Waals surface area contributed by atoms with Gasteiger partial charge >= 0.3 is 0 Å². The molecular weight excluding hydrogens is 365 g/mol. The van der Waals surface area contributed by atoms with Crippen molar-refractivity contribution >= 4 is 28.3 Å². The van der Waals surface area contributed by atoms with Gasteiger partial charge in [0, 0.05) is 7.05 Å². The van der Waals surface area contributed by atoms with Crippen LogP contribution in [0.2, 0.25) is 0 Å². The first-order chi connectivity index (χ1) is 13.5. The summed E-state index contributed by atoms with van der Waals surface area (Å²) < 4.78 is 20.9. The first kappa shape index (κ1) is 19.3. The summed E-state index contributed by atoms with van der Waals surface area (Å²) in [5.41, 5.74) is 5.01. The predicted molar refractivity (Wildman–Crippen MR) is 102 cm³/mol. The number of carbonyl (C=O) groups is 1. The molecule has 0 aliphatic rings. The fourth-order valence-electron chi connectivity index (χ4n) is 2.75. The molecule has 0 saturated carbocycles. The Morgan fingerprint density at radius 3 is 2.93 bits per heavy atom. The molecule has 2 N–H and O–H groups in total. The number of nitrogens with zero attached hydrogens (tertiary/aromatic N) is 3. The average Bonchev–Trinajstić information content (AvgIpc) is 2.96. The molecule has 0 aliphatic carbocycles. The van der Waals surface area contributed by atoms with Crippen molar-refractivity contribution in [3.63, 3.8) is 0 Å². The largest absolute Gasteiger partial charge is 0.499 e. The van der Waals surface area contributed by atoms with Crippen molar-refractivity contribution < 1.29 is 18.8 Å². The predicted octanol–water partition coefficient (Wildman–Crippen LogP) is 2.98. The van der Waals surface area contributed by atoms with Crippen LogP contribution in [0.4, 0.5) is 15.8 Å². The van der Waals surface area contributed by atoms with E-state index < -0.39 is 11.7 Å². The van der Waals surface area contributed by atoms with Crippen LogP contribution >= 0.6 is 0 Å². The summed E-state index contributed by atoms with van der Waals surface area (Å²) in [5.74, 6) is -0.959. The number of aryl methyl sites for hydroxylation is 2. The van der Waals surface area contributed by atoms with Crippen LogP contribution in [-0.4, -0.2) is 33.9 Å². The van der Waals surface area contributed by atoms with E-state index in [2.05, 4.69) is 27.6 Å². The molecule has 0 spiro atoms. The van der Waals surface area contributed by atoms with E-state index >= 15 is 0 Å². The maximum Gasteiger partial charge on any atom is 0.293 e. The molecule has 1 aromatic carbocycles. The van der Waals surface area contributed by atoms with E-state index in [0.29, 0.717) is 16.7 Å². The standard InChI is InChI=1S/C19H20FN5O3/c1-4-27-9-10-28-24-19(26)18-17(16-15(25(18)3)7-8-21-23-16)22-14-6-5-12(2)11-13(14)20/h4-8,11,22H,1,9-10H2,2-3H3,(H,24,26). The van der Waals surface area contributed by atoms with Gasteiger partial charge in [-0.2, -0.15) is 5.10 Å². The average molecular weight is 385 g/mol. The van der Waals surface area contributed by atoms with Crippen molar-refractivity contribution in [3.05, 3.63) is 60.4 Å². The van der Waals surface area contributed by atoms with Gasteiger partial charge in [0.2, 0.25) is 0 Å². The second-order valence-corrected chi connectivity index (χ2v) is 5.97. The van der Waals surface area contributed by atoms with E-state index in [9.17, 15) is 9.18 Å². The van der Waals surface area contributed by atoms with Gasteiger partial charge in [0.25, 0.3) is 5.91 Å². The highest BCUT2D eigenvalue weighted by Gasteiger charge is 2.23. The van der Waals surface area contributed by atoms with Gasteiger partial charge in [-0.1, -0.05) is 12.6 Å². The van der Waals surface area contributed by atoms with Crippen LogP contribution < -0.4 is 10.8 Å². The molecule has 8 nitrogen and oxygen atoms in total. The third-order valence-electron chi connectivity index (χ3n) is 4.06. The Bertz CT molecular complexity index is 1020. The van der Waals surface area contributed by atoms with Gasteiger partial charge in [0.1, 0.15) is 30.2 Å². The first-order valence-electron chi connectivity index (χ1n) is 8.50. The molecule has 3 rings (SSSR count). The third kappa shape index (κ3) is 3.94. The molecule has 0 fully saturated rings. The number of fused-ring (bicyclic) bond motifs is 1. The second kappa shape index (κ2) is 8.49. The van der Waals surface area contributed by atoms with Crippen molar-refractivity contribution in [2.45, 2.75) is 6.92 Å². The fourth-order valence-corrected chi connectivity index (χ4v) is 2.75. The number of ether oxygens (including phenoxy) is 1. The lowest BCUT2D eigenvalue weighted by molar-refractivity contribution is 0.0140. The zero-order chi connectivity index (χ0) is 20.1. The number of halogens is 1. The summed E-state index contributed by atoms with van der Waals surface area (Å²) in [6, 6.07) is 6.49. The number of aromatic nitrogens is 3. The molecule has 0 bridgehead atoms. The molecule has 3 aromatic rings. The van der Waals surface area contributed by atoms with Gasteiger partial charge in [-0.3, -0.25) is 9.63 Å². The Morgan fingerprint density at radius 1 is 1.36 bits per heavy atom. The van der Waals surface area contributed by atoms with Gasteiger partial charge in [-0.25, -0.2) is 9.87 Å². The number of anilines is 2. The maximum absolute atomic E-state index is 14.3. The van der Waals surface area contributed by atoms with Gasteiger partial charge < -0.3 is 14.6 Å². The lowest BCUT2D eigenvalue weighted by Gasteiger charge is -2.11. The molecule has 146 valence electrons. The number of carbonyl (C=O) groups excluding carboxylic acids is 1. The molecule has 2 aromatic heterocycles. The van der Waals surface area contributed by atoms with Crippen LogP contribution in [-0.2, 0) is 16.6 Å². The second-order valence-electron chi connectivity index (χ2n) is 5.97. The molecule has 0 radical (unpaired) electrons. The summed E-state index contributed by atoms with van der Waals surface area (Å²) in [6.07, 6.45) is 2.80. The number of hydrogen-bond donors (Lipinski definition) is 2. The number of amides is 1. The molecule has 2 heterocycles. The Balaban J connectivity index is 1.94. The first-order valence-corrected chi connectivity index (χ1v) is 8.50. The monoisotopic (exact) mass is 385 g/mol.